The van der Waals surface area contributed by atoms with Gasteiger partial charge in [-0.1, -0.05) is 61.0 Å². The summed E-state index contributed by atoms with van der Waals surface area (Å²) < 4.78 is 6.47. The highest BCUT2D eigenvalue weighted by molar-refractivity contribution is 6.30. The third-order valence-corrected chi connectivity index (χ3v) is 8.93. The highest BCUT2D eigenvalue weighted by atomic mass is 35.5. The molecule has 1 spiro atoms. The van der Waals surface area contributed by atoms with E-state index in [1.54, 1.807) is 30.6 Å². The molecule has 3 aliphatic heterocycles. The predicted octanol–water partition coefficient (Wildman–Crippen LogP) is 3.32. The van der Waals surface area contributed by atoms with E-state index in [4.69, 9.17) is 21.2 Å². The van der Waals surface area contributed by atoms with Crippen molar-refractivity contribution >= 4 is 23.8 Å². The maximum absolute atomic E-state index is 11.6. The van der Waals surface area contributed by atoms with Crippen molar-refractivity contribution in [3.8, 4) is 0 Å². The normalized spacial score (nSPS) is 37.7. The summed E-state index contributed by atoms with van der Waals surface area (Å²) in [6.07, 6.45) is 5.55. The summed E-state index contributed by atoms with van der Waals surface area (Å²) in [7, 11) is 0. The number of hydrogen-bond acceptors (Lipinski definition) is 8. The van der Waals surface area contributed by atoms with E-state index in [0.29, 0.717) is 23.0 Å². The largest absolute Gasteiger partial charge is 0.395 e. The molecular weight excluding hydrogens is 496 g/mol. The molecule has 3 fully saturated rings. The van der Waals surface area contributed by atoms with E-state index in [9.17, 15) is 15.3 Å². The molecule has 2 unspecified atom stereocenters. The number of rotatable bonds is 5. The Morgan fingerprint density at radius 1 is 1.22 bits per heavy atom. The lowest BCUT2D eigenvalue weighted by atomic mass is 9.79. The highest BCUT2D eigenvalue weighted by Gasteiger charge is 2.64. The van der Waals surface area contributed by atoms with Crippen molar-refractivity contribution in [3.05, 3.63) is 34.9 Å². The van der Waals surface area contributed by atoms with E-state index >= 15 is 0 Å². The van der Waals surface area contributed by atoms with Gasteiger partial charge in [0.15, 0.2) is 5.84 Å². The van der Waals surface area contributed by atoms with Gasteiger partial charge < -0.3 is 30.2 Å². The molecular formula is C27H39ClN4O5. The van der Waals surface area contributed by atoms with Crippen molar-refractivity contribution in [1.82, 2.24) is 10.2 Å². The Morgan fingerprint density at radius 2 is 1.89 bits per heavy atom. The topological polar surface area (TPSA) is 119 Å². The lowest BCUT2D eigenvalue weighted by Gasteiger charge is -2.46. The monoisotopic (exact) mass is 534 g/mol. The smallest absolute Gasteiger partial charge is 0.175 e. The van der Waals surface area contributed by atoms with Crippen LogP contribution >= 0.6 is 11.6 Å². The Bertz CT molecular complexity index is 995. The molecule has 1 aliphatic carbocycles. The molecule has 3 heterocycles. The summed E-state index contributed by atoms with van der Waals surface area (Å²) in [6.45, 7) is 3.88. The minimum absolute atomic E-state index is 0.0584. The van der Waals surface area contributed by atoms with Gasteiger partial charge in [0.05, 0.1) is 18.4 Å². The number of hydrogen-bond donors (Lipinski definition) is 4. The van der Waals surface area contributed by atoms with Crippen LogP contribution in [0.15, 0.2) is 34.4 Å². The van der Waals surface area contributed by atoms with E-state index in [1.165, 1.54) is 26.2 Å². The van der Waals surface area contributed by atoms with E-state index in [1.807, 2.05) is 6.92 Å². The molecule has 4 N–H and O–H groups in total. The van der Waals surface area contributed by atoms with E-state index in [2.05, 4.69) is 20.4 Å². The van der Waals surface area contributed by atoms with Crippen LogP contribution in [-0.2, 0) is 9.57 Å². The van der Waals surface area contributed by atoms with Crippen LogP contribution < -0.4 is 5.32 Å². The summed E-state index contributed by atoms with van der Waals surface area (Å²) in [5, 5.41) is 42.6. The molecule has 5 rings (SSSR count). The Kier molecular flexibility index (Phi) is 7.82. The molecule has 0 bridgehead atoms. The number of benzene rings is 1. The molecule has 7 atom stereocenters. The van der Waals surface area contributed by atoms with Crippen molar-refractivity contribution in [2.24, 2.45) is 16.1 Å². The van der Waals surface area contributed by atoms with Gasteiger partial charge in [-0.25, -0.2) is 9.89 Å². The zero-order chi connectivity index (χ0) is 26.2. The predicted molar refractivity (Wildman–Crippen MR) is 141 cm³/mol. The van der Waals surface area contributed by atoms with Gasteiger partial charge in [0.2, 0.25) is 0 Å². The van der Waals surface area contributed by atoms with Crippen LogP contribution in [0, 0.1) is 5.92 Å². The maximum atomic E-state index is 11.6. The fraction of sp³-hybridized carbons (Fsp3) is 0.704. The summed E-state index contributed by atoms with van der Waals surface area (Å²) in [4.78, 5) is 12.1. The Balaban J connectivity index is 1.50. The summed E-state index contributed by atoms with van der Waals surface area (Å²) in [5.41, 5.74) is -1.39. The van der Waals surface area contributed by atoms with Crippen LogP contribution in [0.2, 0.25) is 5.02 Å². The average Bonchev–Trinajstić information content (AvgIpc) is 3.31. The fourth-order valence-electron chi connectivity index (χ4n) is 6.76. The van der Waals surface area contributed by atoms with Gasteiger partial charge in [-0.05, 0) is 50.8 Å². The second-order valence-electron chi connectivity index (χ2n) is 11.1. The zero-order valence-corrected chi connectivity index (χ0v) is 22.3. The molecule has 1 aromatic carbocycles. The molecule has 1 aromatic rings. The Hall–Kier alpha value is -1.75. The van der Waals surface area contributed by atoms with Gasteiger partial charge in [-0.15, -0.1) is 0 Å². The lowest BCUT2D eigenvalue weighted by Crippen LogP contribution is -2.62. The Morgan fingerprint density at radius 3 is 2.57 bits per heavy atom. The van der Waals surface area contributed by atoms with Gasteiger partial charge in [0, 0.05) is 10.6 Å². The molecule has 0 aromatic heterocycles. The summed E-state index contributed by atoms with van der Waals surface area (Å²) in [6, 6.07) is 6.81. The number of aliphatic imine (C=N–C) groups is 1. The molecule has 1 saturated carbocycles. The van der Waals surface area contributed by atoms with E-state index < -0.39 is 30.1 Å². The zero-order valence-electron chi connectivity index (χ0n) is 21.6. The molecule has 2 saturated heterocycles. The molecule has 4 aliphatic rings. The van der Waals surface area contributed by atoms with Crippen molar-refractivity contribution in [1.29, 1.82) is 0 Å². The first-order valence-corrected chi connectivity index (χ1v) is 13.9. The molecule has 0 amide bonds. The van der Waals surface area contributed by atoms with Crippen LogP contribution in [0.3, 0.4) is 0 Å². The number of amidine groups is 1. The summed E-state index contributed by atoms with van der Waals surface area (Å²) >= 11 is 6.04. The van der Waals surface area contributed by atoms with Crippen LogP contribution in [0.4, 0.5) is 0 Å². The lowest BCUT2D eigenvalue weighted by molar-refractivity contribution is -0.157. The van der Waals surface area contributed by atoms with Gasteiger partial charge in [-0.2, -0.15) is 0 Å². The highest BCUT2D eigenvalue weighted by Crippen LogP contribution is 2.51. The van der Waals surface area contributed by atoms with Crippen molar-refractivity contribution in [2.75, 3.05) is 6.61 Å². The summed E-state index contributed by atoms with van der Waals surface area (Å²) in [5.74, 6) is 0.573. The molecule has 10 heteroatoms. The fourth-order valence-corrected chi connectivity index (χ4v) is 6.89. The van der Waals surface area contributed by atoms with Gasteiger partial charge >= 0.3 is 0 Å². The van der Waals surface area contributed by atoms with Crippen LogP contribution in [-0.4, -0.2) is 74.7 Å². The number of nitrogens with one attached hydrogen (secondary N) is 1. The number of ether oxygens (including phenoxy) is 1. The number of likely N-dealkylation sites (tertiary alicyclic amines) is 1. The number of oxime groups is 1. The number of nitrogens with zero attached hydrogens (tertiary/aromatic N) is 3. The molecule has 204 valence electrons. The SMILES string of the molecule is CCO/N=C1/N=CNC2C1CC1(CCCCCCC1)N2[C@@H]1O[C@H]([C@H](O)c2ccc(Cl)cc2)[C@@](C)(O)[C@H]1O. The van der Waals surface area contributed by atoms with E-state index in [-0.39, 0.29) is 17.6 Å². The third kappa shape index (κ3) is 4.90. The quantitative estimate of drug-likeness (QED) is 0.428. The van der Waals surface area contributed by atoms with Crippen molar-refractivity contribution in [2.45, 2.75) is 107 Å². The number of aliphatic hydroxyl groups excluding tert-OH is 2. The number of aliphatic hydroxyl groups is 3. The van der Waals surface area contributed by atoms with Crippen molar-refractivity contribution < 1.29 is 24.9 Å². The molecule has 9 nitrogen and oxygen atoms in total. The standard InChI is InChI=1S/C27H39ClN4O5/c1-3-36-31-23-19-15-27(13-7-5-4-6-8-14-27)32(24(19)30-16-29-23)25-21(34)26(2,35)22(37-25)20(33)17-9-11-18(28)12-10-17/h9-12,16,19-22,24-25,33-35H,3-8,13-15H2,1-2H3,(H,29,30,31)/t19?,20-,21+,22-,24?,25-,26+/m1/s1. The van der Waals surface area contributed by atoms with Crippen LogP contribution in [0.1, 0.15) is 76.9 Å². The minimum Gasteiger partial charge on any atom is -0.395 e. The molecule has 37 heavy (non-hydrogen) atoms. The first kappa shape index (κ1) is 26.8. The third-order valence-electron chi connectivity index (χ3n) is 8.68. The van der Waals surface area contributed by atoms with Gasteiger partial charge in [0.1, 0.15) is 36.7 Å². The number of fused-ring (bicyclic) bond motifs is 1. The van der Waals surface area contributed by atoms with Crippen LogP contribution in [0.5, 0.6) is 0 Å². The maximum Gasteiger partial charge on any atom is 0.175 e. The average molecular weight is 535 g/mol. The minimum atomic E-state index is -1.68. The number of halogens is 1. The second-order valence-corrected chi connectivity index (χ2v) is 11.5. The van der Waals surface area contributed by atoms with Gasteiger partial charge in [-0.3, -0.25) is 0 Å². The van der Waals surface area contributed by atoms with E-state index in [0.717, 1.165) is 32.1 Å². The second kappa shape index (κ2) is 10.8. The first-order valence-electron chi connectivity index (χ1n) is 13.5. The van der Waals surface area contributed by atoms with Gasteiger partial charge in [0.25, 0.3) is 0 Å². The van der Waals surface area contributed by atoms with Crippen LogP contribution in [0.25, 0.3) is 0 Å². The first-order chi connectivity index (χ1) is 17.8. The molecule has 0 radical (unpaired) electrons. The van der Waals surface area contributed by atoms with Crippen molar-refractivity contribution in [3.63, 3.8) is 0 Å². The Labute approximate surface area is 223 Å².